The lowest BCUT2D eigenvalue weighted by Gasteiger charge is -2.29. The molecule has 1 saturated carbocycles. The topological polar surface area (TPSA) is 102 Å². The Morgan fingerprint density at radius 1 is 1.28 bits per heavy atom. The predicted molar refractivity (Wildman–Crippen MR) is 107 cm³/mol. The lowest BCUT2D eigenvalue weighted by molar-refractivity contribution is 0.252. The highest BCUT2D eigenvalue weighted by atomic mass is 19.1. The number of pyridine rings is 2. The number of halogens is 1. The number of urea groups is 1. The van der Waals surface area contributed by atoms with Crippen LogP contribution < -0.4 is 16.0 Å². The Bertz CT molecular complexity index is 1080. The molecule has 5 rings (SSSR count). The third-order valence-corrected chi connectivity index (χ3v) is 5.72. The van der Waals surface area contributed by atoms with Gasteiger partial charge in [0.05, 0.1) is 11.7 Å². The second-order valence-corrected chi connectivity index (χ2v) is 7.63. The maximum absolute atomic E-state index is 14.6. The Balaban J connectivity index is 1.70. The van der Waals surface area contributed by atoms with Gasteiger partial charge >= 0.3 is 6.03 Å². The SMILES string of the molecule is N[C@H]1CCC[C@@H](n2c(-c3ncccc3F)nc3cnc(N4CCNC4=O)cc32)C1. The molecule has 0 unspecified atom stereocenters. The van der Waals surface area contributed by atoms with Crippen LogP contribution >= 0.6 is 0 Å². The van der Waals surface area contributed by atoms with E-state index in [2.05, 4.69) is 20.3 Å². The largest absolute Gasteiger partial charge is 0.336 e. The van der Waals surface area contributed by atoms with Gasteiger partial charge in [0.2, 0.25) is 0 Å². The molecule has 0 radical (unpaired) electrons. The summed E-state index contributed by atoms with van der Waals surface area (Å²) < 4.78 is 16.6. The van der Waals surface area contributed by atoms with Gasteiger partial charge in [-0.1, -0.05) is 0 Å². The minimum atomic E-state index is -0.420. The molecular formula is C20H22FN7O. The van der Waals surface area contributed by atoms with Crippen molar-refractivity contribution < 1.29 is 9.18 Å². The van der Waals surface area contributed by atoms with Crippen LogP contribution in [0.3, 0.4) is 0 Å². The van der Waals surface area contributed by atoms with Crippen molar-refractivity contribution in [2.45, 2.75) is 37.8 Å². The van der Waals surface area contributed by atoms with Gasteiger partial charge in [0.25, 0.3) is 0 Å². The van der Waals surface area contributed by atoms with Gasteiger partial charge in [-0.3, -0.25) is 4.90 Å². The first-order valence-corrected chi connectivity index (χ1v) is 9.91. The summed E-state index contributed by atoms with van der Waals surface area (Å²) in [6.07, 6.45) is 6.91. The number of amides is 2. The molecule has 3 aromatic heterocycles. The van der Waals surface area contributed by atoms with Crippen LogP contribution in [0.2, 0.25) is 0 Å². The smallest absolute Gasteiger partial charge is 0.323 e. The summed E-state index contributed by atoms with van der Waals surface area (Å²) in [6.45, 7) is 1.14. The molecule has 4 heterocycles. The molecule has 3 aromatic rings. The van der Waals surface area contributed by atoms with Gasteiger partial charge in [-0.15, -0.1) is 0 Å². The Hall–Kier alpha value is -3.07. The second kappa shape index (κ2) is 7.07. The van der Waals surface area contributed by atoms with Gasteiger partial charge in [0.1, 0.15) is 17.0 Å². The van der Waals surface area contributed by atoms with Gasteiger partial charge in [-0.2, -0.15) is 0 Å². The molecule has 150 valence electrons. The van der Waals surface area contributed by atoms with E-state index in [1.54, 1.807) is 23.4 Å². The molecule has 0 spiro atoms. The van der Waals surface area contributed by atoms with Crippen molar-refractivity contribution >= 4 is 22.9 Å². The monoisotopic (exact) mass is 395 g/mol. The Morgan fingerprint density at radius 3 is 2.93 bits per heavy atom. The number of rotatable bonds is 3. The molecule has 3 N–H and O–H groups in total. The summed E-state index contributed by atoms with van der Waals surface area (Å²) in [7, 11) is 0. The number of fused-ring (bicyclic) bond motifs is 1. The number of anilines is 1. The minimum Gasteiger partial charge on any atom is -0.336 e. The van der Waals surface area contributed by atoms with Crippen LogP contribution in [-0.2, 0) is 0 Å². The highest BCUT2D eigenvalue weighted by Crippen LogP contribution is 2.36. The zero-order valence-electron chi connectivity index (χ0n) is 15.9. The standard InChI is InChI=1S/C20H22FN7O/c21-14-5-2-6-23-18(14)19-26-15-11-25-17(27-8-7-24-20(27)29)10-16(15)28(19)13-4-1-3-12(22)9-13/h2,5-6,10-13H,1,3-4,7-9,22H2,(H,24,29)/t12-,13+/m0/s1. The number of aromatic nitrogens is 4. The van der Waals surface area contributed by atoms with E-state index < -0.39 is 5.82 Å². The van der Waals surface area contributed by atoms with Gasteiger partial charge in [-0.25, -0.2) is 24.1 Å². The van der Waals surface area contributed by atoms with E-state index in [1.165, 1.54) is 6.07 Å². The fraction of sp³-hybridized carbons (Fsp3) is 0.400. The first kappa shape index (κ1) is 18.0. The summed E-state index contributed by atoms with van der Waals surface area (Å²) in [5.74, 6) is 0.611. The zero-order valence-corrected chi connectivity index (χ0v) is 15.9. The zero-order chi connectivity index (χ0) is 20.0. The van der Waals surface area contributed by atoms with E-state index in [4.69, 9.17) is 5.73 Å². The number of hydrogen-bond acceptors (Lipinski definition) is 5. The molecule has 29 heavy (non-hydrogen) atoms. The first-order valence-electron chi connectivity index (χ1n) is 9.91. The van der Waals surface area contributed by atoms with E-state index in [-0.39, 0.29) is 23.8 Å². The number of imidazole rings is 1. The van der Waals surface area contributed by atoms with Crippen LogP contribution in [0.1, 0.15) is 31.7 Å². The fourth-order valence-corrected chi connectivity index (χ4v) is 4.35. The van der Waals surface area contributed by atoms with Crippen LogP contribution in [0.4, 0.5) is 15.0 Å². The number of nitrogens with zero attached hydrogens (tertiary/aromatic N) is 5. The molecule has 8 nitrogen and oxygen atoms in total. The third kappa shape index (κ3) is 3.11. The van der Waals surface area contributed by atoms with Crippen LogP contribution in [0, 0.1) is 5.82 Å². The number of hydrogen-bond donors (Lipinski definition) is 2. The molecule has 2 atom stereocenters. The molecule has 2 fully saturated rings. The average Bonchev–Trinajstić information content (AvgIpc) is 3.31. The van der Waals surface area contributed by atoms with Crippen molar-refractivity contribution in [1.82, 2.24) is 24.8 Å². The molecule has 1 saturated heterocycles. The first-order chi connectivity index (χ1) is 14.1. The Kier molecular flexibility index (Phi) is 4.39. The van der Waals surface area contributed by atoms with Crippen LogP contribution in [0.25, 0.3) is 22.6 Å². The van der Waals surface area contributed by atoms with E-state index in [0.29, 0.717) is 30.2 Å². The maximum atomic E-state index is 14.6. The van der Waals surface area contributed by atoms with Crippen molar-refractivity contribution in [2.24, 2.45) is 5.73 Å². The maximum Gasteiger partial charge on any atom is 0.323 e. The molecule has 0 bridgehead atoms. The molecular weight excluding hydrogens is 373 g/mol. The number of nitrogens with two attached hydrogens (primary N) is 1. The van der Waals surface area contributed by atoms with Crippen molar-refractivity contribution in [3.8, 4) is 11.5 Å². The van der Waals surface area contributed by atoms with Crippen LogP contribution in [-0.4, -0.2) is 44.7 Å². The molecule has 2 aliphatic rings. The average molecular weight is 395 g/mol. The van der Waals surface area contributed by atoms with Crippen LogP contribution in [0.5, 0.6) is 0 Å². The summed E-state index contributed by atoms with van der Waals surface area (Å²) in [6, 6.07) is 4.82. The molecule has 1 aliphatic heterocycles. The second-order valence-electron chi connectivity index (χ2n) is 7.63. The third-order valence-electron chi connectivity index (χ3n) is 5.72. The van der Waals surface area contributed by atoms with E-state index in [1.807, 2.05) is 10.6 Å². The Morgan fingerprint density at radius 2 is 2.17 bits per heavy atom. The van der Waals surface area contributed by atoms with Crippen molar-refractivity contribution in [3.05, 3.63) is 36.4 Å². The van der Waals surface area contributed by atoms with Crippen molar-refractivity contribution in [3.63, 3.8) is 0 Å². The fourth-order valence-electron chi connectivity index (χ4n) is 4.35. The van der Waals surface area contributed by atoms with Crippen LogP contribution in [0.15, 0.2) is 30.6 Å². The van der Waals surface area contributed by atoms with Gasteiger partial charge in [-0.05, 0) is 37.8 Å². The number of carbonyl (C=O) groups excluding carboxylic acids is 1. The molecule has 0 aromatic carbocycles. The summed E-state index contributed by atoms with van der Waals surface area (Å²) >= 11 is 0. The molecule has 2 amide bonds. The van der Waals surface area contributed by atoms with Gasteiger partial charge in [0, 0.05) is 37.4 Å². The lowest BCUT2D eigenvalue weighted by atomic mass is 9.91. The Labute approximate surface area is 166 Å². The van der Waals surface area contributed by atoms with Gasteiger partial charge in [0.15, 0.2) is 11.6 Å². The molecule has 9 heteroatoms. The van der Waals surface area contributed by atoms with E-state index in [0.717, 1.165) is 31.2 Å². The molecule has 1 aliphatic carbocycles. The number of nitrogens with one attached hydrogen (secondary N) is 1. The van der Waals surface area contributed by atoms with E-state index >= 15 is 0 Å². The predicted octanol–water partition coefficient (Wildman–Crippen LogP) is 2.60. The van der Waals surface area contributed by atoms with Crippen molar-refractivity contribution in [2.75, 3.05) is 18.0 Å². The summed E-state index contributed by atoms with van der Waals surface area (Å²) in [4.78, 5) is 27.0. The summed E-state index contributed by atoms with van der Waals surface area (Å²) in [5, 5.41) is 2.79. The van der Waals surface area contributed by atoms with E-state index in [9.17, 15) is 9.18 Å². The highest BCUT2D eigenvalue weighted by Gasteiger charge is 2.29. The normalized spacial score (nSPS) is 22.3. The highest BCUT2D eigenvalue weighted by molar-refractivity contribution is 5.95. The summed E-state index contributed by atoms with van der Waals surface area (Å²) in [5.41, 5.74) is 7.92. The van der Waals surface area contributed by atoms with Crippen molar-refractivity contribution in [1.29, 1.82) is 0 Å². The van der Waals surface area contributed by atoms with Gasteiger partial charge < -0.3 is 15.6 Å². The number of carbonyl (C=O) groups is 1. The lowest BCUT2D eigenvalue weighted by Crippen LogP contribution is -2.30. The quantitative estimate of drug-likeness (QED) is 0.710. The minimum absolute atomic E-state index is 0.0859.